The van der Waals surface area contributed by atoms with E-state index in [2.05, 4.69) is 23.3 Å². The topological polar surface area (TPSA) is 81.3 Å². The first kappa shape index (κ1) is 22.9. The Kier molecular flexibility index (Phi) is 6.47. The fraction of sp³-hybridized carbons (Fsp3) is 0.360. The maximum atomic E-state index is 13.6. The normalized spacial score (nSPS) is 12.3. The second kappa shape index (κ2) is 9.31. The minimum absolute atomic E-state index is 0.0907. The highest BCUT2D eigenvalue weighted by Gasteiger charge is 2.20. The summed E-state index contributed by atoms with van der Waals surface area (Å²) >= 11 is 1.37. The van der Waals surface area contributed by atoms with Crippen molar-refractivity contribution in [1.82, 2.24) is 24.5 Å². The minimum Gasteiger partial charge on any atom is -0.353 e. The number of fused-ring (bicyclic) bond motifs is 1. The molecule has 0 radical (unpaired) electrons. The quantitative estimate of drug-likeness (QED) is 0.444. The average molecular weight is 464 g/mol. The molecule has 8 heteroatoms. The second-order valence-electron chi connectivity index (χ2n) is 8.34. The number of hydrogen-bond acceptors (Lipinski definition) is 5. The Morgan fingerprint density at radius 1 is 1.21 bits per heavy atom. The second-order valence-corrected chi connectivity index (χ2v) is 9.18. The zero-order chi connectivity index (χ0) is 23.7. The molecule has 0 saturated carbocycles. The summed E-state index contributed by atoms with van der Waals surface area (Å²) in [7, 11) is 0. The van der Waals surface area contributed by atoms with Gasteiger partial charge in [0.25, 0.3) is 5.56 Å². The lowest BCUT2D eigenvalue weighted by molar-refractivity contribution is -0.121. The molecule has 4 rings (SSSR count). The van der Waals surface area contributed by atoms with Gasteiger partial charge in [0.2, 0.25) is 5.91 Å². The number of benzene rings is 1. The molecule has 33 heavy (non-hydrogen) atoms. The lowest BCUT2D eigenvalue weighted by atomic mass is 10.1. The summed E-state index contributed by atoms with van der Waals surface area (Å²) in [6, 6.07) is 10.2. The van der Waals surface area contributed by atoms with E-state index < -0.39 is 0 Å². The highest BCUT2D eigenvalue weighted by atomic mass is 32.1. The third kappa shape index (κ3) is 4.35. The fourth-order valence-electron chi connectivity index (χ4n) is 3.97. The summed E-state index contributed by atoms with van der Waals surface area (Å²) in [6.07, 6.45) is 1.87. The molecule has 0 aliphatic carbocycles. The van der Waals surface area contributed by atoms with Crippen molar-refractivity contribution in [1.29, 1.82) is 0 Å². The smallest absolute Gasteiger partial charge is 0.268 e. The summed E-state index contributed by atoms with van der Waals surface area (Å²) < 4.78 is 3.44. The molecule has 1 atom stereocenters. The van der Waals surface area contributed by atoms with Gasteiger partial charge >= 0.3 is 0 Å². The van der Waals surface area contributed by atoms with Gasteiger partial charge in [-0.25, -0.2) is 9.67 Å². The summed E-state index contributed by atoms with van der Waals surface area (Å²) in [5.41, 5.74) is 5.26. The third-order valence-corrected chi connectivity index (χ3v) is 6.80. The van der Waals surface area contributed by atoms with E-state index in [1.807, 2.05) is 62.0 Å². The molecule has 0 spiro atoms. The Balaban J connectivity index is 1.79. The van der Waals surface area contributed by atoms with E-state index in [-0.39, 0.29) is 23.9 Å². The first-order chi connectivity index (χ1) is 15.8. The van der Waals surface area contributed by atoms with Crippen LogP contribution in [-0.2, 0) is 17.6 Å². The van der Waals surface area contributed by atoms with Gasteiger partial charge in [-0.15, -0.1) is 11.3 Å². The number of aromatic nitrogens is 4. The van der Waals surface area contributed by atoms with Crippen molar-refractivity contribution in [3.63, 3.8) is 0 Å². The zero-order valence-electron chi connectivity index (χ0n) is 19.7. The molecule has 0 aliphatic rings. The summed E-state index contributed by atoms with van der Waals surface area (Å²) in [6.45, 7) is 9.92. The maximum absolute atomic E-state index is 13.6. The largest absolute Gasteiger partial charge is 0.353 e. The van der Waals surface area contributed by atoms with Gasteiger partial charge < -0.3 is 5.32 Å². The molecule has 0 bridgehead atoms. The van der Waals surface area contributed by atoms with E-state index in [1.54, 1.807) is 4.40 Å². The van der Waals surface area contributed by atoms with Crippen molar-refractivity contribution < 1.29 is 4.79 Å². The summed E-state index contributed by atoms with van der Waals surface area (Å²) in [4.78, 5) is 31.3. The number of thiazole rings is 1. The third-order valence-electron chi connectivity index (χ3n) is 5.93. The van der Waals surface area contributed by atoms with E-state index >= 15 is 0 Å². The van der Waals surface area contributed by atoms with Crippen LogP contribution in [0, 0.1) is 13.8 Å². The van der Waals surface area contributed by atoms with E-state index in [0.29, 0.717) is 27.6 Å². The van der Waals surface area contributed by atoms with E-state index in [0.717, 1.165) is 24.2 Å². The molecule has 0 unspecified atom stereocenters. The number of para-hydroxylation sites is 1. The van der Waals surface area contributed by atoms with Crippen LogP contribution in [-0.4, -0.2) is 31.1 Å². The van der Waals surface area contributed by atoms with E-state index in [1.165, 1.54) is 16.9 Å². The van der Waals surface area contributed by atoms with Crippen LogP contribution < -0.4 is 10.9 Å². The van der Waals surface area contributed by atoms with E-state index in [4.69, 9.17) is 5.10 Å². The maximum Gasteiger partial charge on any atom is 0.268 e. The molecular weight excluding hydrogens is 434 g/mol. The minimum atomic E-state index is -0.196. The first-order valence-corrected chi connectivity index (χ1v) is 12.2. The Hall–Kier alpha value is -3.26. The number of carbonyl (C=O) groups is 1. The summed E-state index contributed by atoms with van der Waals surface area (Å²) in [5.74, 6) is -0.102. The molecule has 0 saturated heterocycles. The van der Waals surface area contributed by atoms with Gasteiger partial charge in [-0.05, 0) is 51.3 Å². The van der Waals surface area contributed by atoms with Gasteiger partial charge in [-0.3, -0.25) is 14.0 Å². The molecule has 1 aromatic carbocycles. The highest BCUT2D eigenvalue weighted by Crippen LogP contribution is 2.24. The predicted octanol–water partition coefficient (Wildman–Crippen LogP) is 4.25. The lowest BCUT2D eigenvalue weighted by Crippen LogP contribution is -2.34. The molecular formula is C25H29N5O2S. The van der Waals surface area contributed by atoms with Crippen LogP contribution in [0.1, 0.15) is 49.8 Å². The monoisotopic (exact) mass is 463 g/mol. The van der Waals surface area contributed by atoms with E-state index in [9.17, 15) is 9.59 Å². The fourth-order valence-corrected chi connectivity index (χ4v) is 4.90. The van der Waals surface area contributed by atoms with Gasteiger partial charge in [-0.1, -0.05) is 32.0 Å². The number of carbonyl (C=O) groups excluding carboxylic acids is 1. The average Bonchev–Trinajstić information content (AvgIpc) is 3.36. The molecule has 0 fully saturated rings. The van der Waals surface area contributed by atoms with Gasteiger partial charge in [-0.2, -0.15) is 5.10 Å². The SMILES string of the molecule is CCc1ccccc1-n1nc(-c2c(C)nc3scc(CC(=O)N[C@H](C)CC)n3c2=O)cc1C. The van der Waals surface area contributed by atoms with Crippen LogP contribution in [0.15, 0.2) is 40.5 Å². The number of amides is 1. The predicted molar refractivity (Wildman–Crippen MR) is 132 cm³/mol. The molecule has 7 nitrogen and oxygen atoms in total. The van der Waals surface area contributed by atoms with Crippen LogP contribution >= 0.6 is 11.3 Å². The van der Waals surface area contributed by atoms with Crippen LogP contribution in [0.3, 0.4) is 0 Å². The van der Waals surface area contributed by atoms with Gasteiger partial charge in [0.1, 0.15) is 5.69 Å². The number of hydrogen-bond donors (Lipinski definition) is 1. The van der Waals surface area contributed by atoms with Crippen LogP contribution in [0.4, 0.5) is 0 Å². The Morgan fingerprint density at radius 2 is 1.97 bits per heavy atom. The van der Waals surface area contributed by atoms with Crippen molar-refractivity contribution in [2.45, 2.75) is 59.9 Å². The standard InChI is InChI=1S/C25H29N5O2S/c1-6-15(3)26-22(31)13-19-14-33-25-27-17(5)23(24(32)29(19)25)20-12-16(4)30(28-20)21-11-9-8-10-18(21)7-2/h8-12,14-15H,6-7,13H2,1-5H3,(H,26,31)/t15-/m1/s1. The first-order valence-electron chi connectivity index (χ1n) is 11.3. The van der Waals surface area contributed by atoms with Crippen molar-refractivity contribution in [3.8, 4) is 16.9 Å². The Labute approximate surface area is 197 Å². The Bertz CT molecular complexity index is 1380. The van der Waals surface area contributed by atoms with Crippen LogP contribution in [0.25, 0.3) is 21.9 Å². The lowest BCUT2D eigenvalue weighted by Gasteiger charge is -2.11. The number of nitrogens with zero attached hydrogens (tertiary/aromatic N) is 4. The van der Waals surface area contributed by atoms with Crippen LogP contribution in [0.5, 0.6) is 0 Å². The molecule has 1 amide bonds. The van der Waals surface area contributed by atoms with Crippen molar-refractivity contribution in [3.05, 3.63) is 68.7 Å². The van der Waals surface area contributed by atoms with Crippen molar-refractivity contribution in [2.75, 3.05) is 0 Å². The van der Waals surface area contributed by atoms with Gasteiger partial charge in [0, 0.05) is 22.8 Å². The number of rotatable bonds is 7. The molecule has 3 heterocycles. The van der Waals surface area contributed by atoms with Gasteiger partial charge in [0.05, 0.1) is 23.4 Å². The van der Waals surface area contributed by atoms with Gasteiger partial charge in [0.15, 0.2) is 4.96 Å². The number of nitrogens with one attached hydrogen (secondary N) is 1. The highest BCUT2D eigenvalue weighted by molar-refractivity contribution is 7.15. The zero-order valence-corrected chi connectivity index (χ0v) is 20.5. The molecule has 0 aliphatic heterocycles. The molecule has 1 N–H and O–H groups in total. The molecule has 4 aromatic rings. The molecule has 172 valence electrons. The summed E-state index contributed by atoms with van der Waals surface area (Å²) in [5, 5.41) is 9.60. The van der Waals surface area contributed by atoms with Crippen molar-refractivity contribution in [2.24, 2.45) is 0 Å². The number of aryl methyl sites for hydroxylation is 3. The Morgan fingerprint density at radius 3 is 2.70 bits per heavy atom. The van der Waals surface area contributed by atoms with Crippen LogP contribution in [0.2, 0.25) is 0 Å². The van der Waals surface area contributed by atoms with Crippen molar-refractivity contribution >= 4 is 22.2 Å². The molecule has 3 aromatic heterocycles.